The van der Waals surface area contributed by atoms with Gasteiger partial charge in [0, 0.05) is 11.8 Å². The van der Waals surface area contributed by atoms with Gasteiger partial charge < -0.3 is 20.3 Å². The maximum Gasteiger partial charge on any atom is 0.408 e. The predicted molar refractivity (Wildman–Crippen MR) is 122 cm³/mol. The minimum absolute atomic E-state index is 0.0353. The topological polar surface area (TPSA) is 112 Å². The van der Waals surface area contributed by atoms with Crippen LogP contribution in [0.4, 0.5) is 4.79 Å². The van der Waals surface area contributed by atoms with Crippen molar-refractivity contribution >= 4 is 30.5 Å². The molecule has 0 aliphatic heterocycles. The zero-order valence-electron chi connectivity index (χ0n) is 18.9. The zero-order valence-corrected chi connectivity index (χ0v) is 19.8. The molecule has 0 aromatic heterocycles. The number of hydrogen-bond acceptors (Lipinski definition) is 6. The number of carbonyl (C=O) groups excluding carboxylic acids is 3. The summed E-state index contributed by atoms with van der Waals surface area (Å²) in [4.78, 5) is 39.7. The second kappa shape index (κ2) is 11.6. The number of nitrogens with one attached hydrogen (secondary N) is 2. The number of ether oxygens (including phenoxy) is 1. The van der Waals surface area contributed by atoms with E-state index < -0.39 is 35.6 Å². The lowest BCUT2D eigenvalue weighted by Gasteiger charge is -2.33. The van der Waals surface area contributed by atoms with Gasteiger partial charge in [-0.3, -0.25) is 9.59 Å². The van der Waals surface area contributed by atoms with Crippen LogP contribution in [0.25, 0.3) is 0 Å². The highest BCUT2D eigenvalue weighted by Gasteiger charge is 2.36. The highest BCUT2D eigenvalue weighted by Crippen LogP contribution is 2.23. The molecular formula is C22H32N4O4S. The lowest BCUT2D eigenvalue weighted by Crippen LogP contribution is -2.54. The Morgan fingerprint density at radius 3 is 2.19 bits per heavy atom. The molecule has 0 heterocycles. The number of nitrogens with zero attached hydrogens (tertiary/aromatic N) is 2. The van der Waals surface area contributed by atoms with Gasteiger partial charge in [-0.1, -0.05) is 29.8 Å². The van der Waals surface area contributed by atoms with Gasteiger partial charge in [-0.05, 0) is 47.1 Å². The first kappa shape index (κ1) is 26.3. The molecule has 1 aromatic carbocycles. The zero-order chi connectivity index (χ0) is 23.8. The third-order valence-corrected chi connectivity index (χ3v) is 4.44. The summed E-state index contributed by atoms with van der Waals surface area (Å²) < 4.78 is 5.22. The number of alkyl carbamates (subject to hydrolysis) is 1. The van der Waals surface area contributed by atoms with Gasteiger partial charge in [0.1, 0.15) is 24.2 Å². The number of thiol groups is 1. The van der Waals surface area contributed by atoms with Crippen molar-refractivity contribution in [1.29, 1.82) is 5.26 Å². The van der Waals surface area contributed by atoms with E-state index in [9.17, 15) is 19.6 Å². The van der Waals surface area contributed by atoms with E-state index in [1.165, 1.54) is 0 Å². The van der Waals surface area contributed by atoms with Crippen LogP contribution >= 0.6 is 12.6 Å². The summed E-state index contributed by atoms with van der Waals surface area (Å²) in [5.41, 5.74) is 0.801. The fourth-order valence-corrected chi connectivity index (χ4v) is 3.04. The molecule has 2 atom stereocenters. The number of benzene rings is 1. The van der Waals surface area contributed by atoms with E-state index in [1.54, 1.807) is 46.8 Å². The van der Waals surface area contributed by atoms with Gasteiger partial charge in [-0.2, -0.15) is 17.9 Å². The SMILES string of the molecule is Cc1ccc(C(C(=O)NC(C)C)N(CC#N)C(=O)C(CS)NC(=O)OC(C)(C)C)cc1. The monoisotopic (exact) mass is 448 g/mol. The van der Waals surface area contributed by atoms with Crippen molar-refractivity contribution in [1.82, 2.24) is 15.5 Å². The number of hydrogen-bond donors (Lipinski definition) is 3. The molecule has 9 heteroatoms. The summed E-state index contributed by atoms with van der Waals surface area (Å²) in [6.45, 7) is 10.3. The van der Waals surface area contributed by atoms with Crippen LogP contribution in [-0.4, -0.2) is 52.8 Å². The molecule has 2 unspecified atom stereocenters. The van der Waals surface area contributed by atoms with Crippen LogP contribution in [0.3, 0.4) is 0 Å². The molecule has 1 aromatic rings. The average Bonchev–Trinajstić information content (AvgIpc) is 2.64. The van der Waals surface area contributed by atoms with Crippen molar-refractivity contribution in [3.8, 4) is 6.07 Å². The van der Waals surface area contributed by atoms with Crippen molar-refractivity contribution in [2.24, 2.45) is 0 Å². The Hall–Kier alpha value is -2.73. The molecule has 3 amide bonds. The van der Waals surface area contributed by atoms with Crippen molar-refractivity contribution in [3.05, 3.63) is 35.4 Å². The Morgan fingerprint density at radius 2 is 1.74 bits per heavy atom. The molecule has 31 heavy (non-hydrogen) atoms. The molecule has 170 valence electrons. The first-order chi connectivity index (χ1) is 14.4. The van der Waals surface area contributed by atoms with Crippen molar-refractivity contribution in [2.45, 2.75) is 65.3 Å². The van der Waals surface area contributed by atoms with E-state index in [-0.39, 0.29) is 18.3 Å². The average molecular weight is 449 g/mol. The summed E-state index contributed by atoms with van der Waals surface area (Å²) >= 11 is 4.18. The highest BCUT2D eigenvalue weighted by atomic mass is 32.1. The van der Waals surface area contributed by atoms with Gasteiger partial charge >= 0.3 is 6.09 Å². The Bertz CT molecular complexity index is 812. The second-order valence-electron chi connectivity index (χ2n) is 8.48. The standard InChI is InChI=1S/C22H32N4O4S/c1-14(2)24-19(27)18(16-9-7-15(3)8-10-16)26(12-11-23)20(28)17(13-31)25-21(29)30-22(4,5)6/h7-10,14,17-18,31H,12-13H2,1-6H3,(H,24,27)(H,25,29). The molecule has 8 nitrogen and oxygen atoms in total. The van der Waals surface area contributed by atoms with E-state index in [1.807, 2.05) is 25.1 Å². The number of amides is 3. The summed E-state index contributed by atoms with van der Waals surface area (Å²) in [7, 11) is 0. The third-order valence-electron chi connectivity index (χ3n) is 4.08. The van der Waals surface area contributed by atoms with E-state index >= 15 is 0 Å². The largest absolute Gasteiger partial charge is 0.444 e. The van der Waals surface area contributed by atoms with E-state index in [2.05, 4.69) is 23.3 Å². The fraction of sp³-hybridized carbons (Fsp3) is 0.545. The molecule has 0 saturated heterocycles. The van der Waals surface area contributed by atoms with Gasteiger partial charge in [-0.25, -0.2) is 4.79 Å². The summed E-state index contributed by atoms with van der Waals surface area (Å²) in [6.07, 6.45) is -0.782. The molecule has 0 radical (unpaired) electrons. The van der Waals surface area contributed by atoms with E-state index in [0.29, 0.717) is 5.56 Å². The lowest BCUT2D eigenvalue weighted by molar-refractivity contribution is -0.141. The minimum atomic E-state index is -1.08. The number of aryl methyl sites for hydroxylation is 1. The van der Waals surface area contributed by atoms with Crippen molar-refractivity contribution in [3.63, 3.8) is 0 Å². The molecule has 0 bridgehead atoms. The van der Waals surface area contributed by atoms with Gasteiger partial charge in [0.05, 0.1) is 6.07 Å². The first-order valence-electron chi connectivity index (χ1n) is 10.0. The lowest BCUT2D eigenvalue weighted by atomic mass is 10.0. The van der Waals surface area contributed by atoms with Crippen LogP contribution < -0.4 is 10.6 Å². The number of carbonyl (C=O) groups is 3. The van der Waals surface area contributed by atoms with Crippen LogP contribution in [0.1, 0.15) is 51.8 Å². The number of rotatable bonds is 8. The molecular weight excluding hydrogens is 416 g/mol. The Kier molecular flexibility index (Phi) is 9.85. The molecule has 0 saturated carbocycles. The van der Waals surface area contributed by atoms with Crippen LogP contribution in [0.5, 0.6) is 0 Å². The van der Waals surface area contributed by atoms with Crippen LogP contribution in [-0.2, 0) is 14.3 Å². The maximum atomic E-state index is 13.3. The van der Waals surface area contributed by atoms with Crippen LogP contribution in [0, 0.1) is 18.3 Å². The normalized spacial score (nSPS) is 13.0. The quantitative estimate of drug-likeness (QED) is 0.418. The first-order valence-corrected chi connectivity index (χ1v) is 10.7. The minimum Gasteiger partial charge on any atom is -0.444 e. The van der Waals surface area contributed by atoms with E-state index in [0.717, 1.165) is 10.5 Å². The molecule has 2 N–H and O–H groups in total. The summed E-state index contributed by atoms with van der Waals surface area (Å²) in [5.74, 6) is -1.06. The van der Waals surface area contributed by atoms with E-state index in [4.69, 9.17) is 4.74 Å². The van der Waals surface area contributed by atoms with Crippen molar-refractivity contribution in [2.75, 3.05) is 12.3 Å². The predicted octanol–water partition coefficient (Wildman–Crippen LogP) is 2.74. The van der Waals surface area contributed by atoms with Crippen LogP contribution in [0.15, 0.2) is 24.3 Å². The number of nitriles is 1. The maximum absolute atomic E-state index is 13.3. The molecule has 0 aliphatic carbocycles. The summed E-state index contributed by atoms with van der Waals surface area (Å²) in [6, 6.07) is 6.80. The Labute approximate surface area is 189 Å². The van der Waals surface area contributed by atoms with Gasteiger partial charge in [-0.15, -0.1) is 0 Å². The third kappa shape index (κ3) is 8.50. The Morgan fingerprint density at radius 1 is 1.16 bits per heavy atom. The Balaban J connectivity index is 3.29. The van der Waals surface area contributed by atoms with Crippen molar-refractivity contribution < 1.29 is 19.1 Å². The molecule has 0 spiro atoms. The van der Waals surface area contributed by atoms with Gasteiger partial charge in [0.15, 0.2) is 0 Å². The van der Waals surface area contributed by atoms with Gasteiger partial charge in [0.2, 0.25) is 11.8 Å². The molecule has 0 aliphatic rings. The summed E-state index contributed by atoms with van der Waals surface area (Å²) in [5, 5.41) is 14.7. The molecule has 0 fully saturated rings. The molecule has 1 rings (SSSR count). The van der Waals surface area contributed by atoms with Crippen LogP contribution in [0.2, 0.25) is 0 Å². The smallest absolute Gasteiger partial charge is 0.408 e. The second-order valence-corrected chi connectivity index (χ2v) is 8.85. The van der Waals surface area contributed by atoms with Gasteiger partial charge in [0.25, 0.3) is 0 Å². The highest BCUT2D eigenvalue weighted by molar-refractivity contribution is 7.80. The fourth-order valence-electron chi connectivity index (χ4n) is 2.79.